The Kier molecular flexibility index (Phi) is 15.9. The van der Waals surface area contributed by atoms with Gasteiger partial charge in [0.05, 0.1) is 81.3 Å². The Labute approximate surface area is 516 Å². The van der Waals surface area contributed by atoms with E-state index in [1.807, 2.05) is 68.4 Å². The number of aromatic nitrogens is 17. The van der Waals surface area contributed by atoms with Crippen molar-refractivity contribution in [1.29, 1.82) is 0 Å². The SMILES string of the molecule is CC[C@H](Nc1ncnc2nc[nH]c12)c1nc2cccc(F)c2c(=O)n1-c1ccccc1.C[C@H](Nc1nccc2[nH]cnc12)c1nc2ccc(F)cc2c(=O)n1-c1ccccc1.C[C@H](Nc1ncnc2nc[nH]c12)c1nc2ccccc2c(=O)n1-c1c(F)cccc1F. The maximum Gasteiger partial charge on any atom is 0.269 e. The van der Waals surface area contributed by atoms with Crippen molar-refractivity contribution in [1.82, 2.24) is 83.5 Å². The smallest absolute Gasteiger partial charge is 0.269 e. The van der Waals surface area contributed by atoms with E-state index in [9.17, 15) is 31.9 Å². The maximum atomic E-state index is 14.7. The van der Waals surface area contributed by atoms with Crippen LogP contribution in [0.1, 0.15) is 62.8 Å². The van der Waals surface area contributed by atoms with Gasteiger partial charge in [0.15, 0.2) is 28.7 Å². The molecule has 9 aromatic heterocycles. The second-order valence-corrected chi connectivity index (χ2v) is 20.8. The van der Waals surface area contributed by atoms with Gasteiger partial charge < -0.3 is 30.9 Å². The van der Waals surface area contributed by atoms with Crippen LogP contribution in [0.25, 0.3) is 83.1 Å². The lowest BCUT2D eigenvalue weighted by Crippen LogP contribution is -2.28. The van der Waals surface area contributed by atoms with E-state index in [0.717, 1.165) is 22.2 Å². The average molecular weight is 1240 g/mol. The fourth-order valence-electron chi connectivity index (χ4n) is 10.7. The number of benzene rings is 6. The maximum absolute atomic E-state index is 14.7. The molecule has 15 aromatic rings. The van der Waals surface area contributed by atoms with Crippen LogP contribution in [0.15, 0.2) is 198 Å². The Bertz CT molecular complexity index is 5410. The Hall–Kier alpha value is -12.4. The van der Waals surface area contributed by atoms with Gasteiger partial charge in [-0.25, -0.2) is 72.4 Å². The highest BCUT2D eigenvalue weighted by Gasteiger charge is 2.26. The standard InChI is InChI=1S/C22H18FN7O.C22H17FN6O.C21H15F2N7O/c1-2-15(28-20-18-19(25-11-24-18)26-12-27-20)21-29-16-10-6-9-14(23)17(16)22(31)30(21)13-7-4-3-5-8-13;1-13(27-20-19-18(9-10-24-20)25-12-26-19)21-28-17-8-7-14(23)11-16(17)22(30)29(21)15-5-3-2-4-6-15;1-11(28-19-16-18(25-9-24-16)26-10-27-19)20-29-15-8-3-2-5-12(15)21(31)30(20)17-13(22)6-4-7-14(17)23/h3-12,15H,2H2,1H3,(H2,24,25,26,27,28);2-13H,1H3,(H,24,27)(H,25,26);2-11H,1H3,(H2,24,25,26,27,28)/t15-;13-;11-/m000/s1. The number of nitrogens with one attached hydrogen (secondary N) is 6. The minimum absolute atomic E-state index is 0.0389. The van der Waals surface area contributed by atoms with E-state index in [4.69, 9.17) is 9.97 Å². The number of rotatable bonds is 13. The molecule has 0 amide bonds. The highest BCUT2D eigenvalue weighted by Crippen LogP contribution is 2.30. The second kappa shape index (κ2) is 25.0. The summed E-state index contributed by atoms with van der Waals surface area (Å²) in [4.78, 5) is 96.7. The molecule has 0 aliphatic carbocycles. The third-order valence-electron chi connectivity index (χ3n) is 15.0. The van der Waals surface area contributed by atoms with Crippen molar-refractivity contribution in [3.63, 3.8) is 0 Å². The highest BCUT2D eigenvalue weighted by molar-refractivity contribution is 5.86. The van der Waals surface area contributed by atoms with Crippen LogP contribution in [0.5, 0.6) is 0 Å². The van der Waals surface area contributed by atoms with Gasteiger partial charge in [0.2, 0.25) is 0 Å². The van der Waals surface area contributed by atoms with E-state index in [1.165, 1.54) is 58.4 Å². The quantitative estimate of drug-likeness (QED) is 0.0585. The lowest BCUT2D eigenvalue weighted by molar-refractivity contribution is 0.558. The van der Waals surface area contributed by atoms with Crippen molar-refractivity contribution in [3.05, 3.63) is 255 Å². The lowest BCUT2D eigenvalue weighted by atomic mass is 10.1. The van der Waals surface area contributed by atoms with E-state index in [0.29, 0.717) is 91.3 Å². The molecule has 456 valence electrons. The zero-order chi connectivity index (χ0) is 63.6. The molecular weight excluding hydrogens is 1180 g/mol. The number of anilines is 3. The first kappa shape index (κ1) is 58.6. The van der Waals surface area contributed by atoms with E-state index >= 15 is 0 Å². The van der Waals surface area contributed by atoms with Crippen molar-refractivity contribution in [2.45, 2.75) is 45.3 Å². The summed E-state index contributed by atoms with van der Waals surface area (Å²) in [5, 5.41) is 10.2. The van der Waals surface area contributed by atoms with Crippen LogP contribution >= 0.6 is 0 Å². The average Bonchev–Trinajstić information content (AvgIpc) is 1.05. The van der Waals surface area contributed by atoms with Crippen LogP contribution in [0, 0.1) is 23.3 Å². The Morgan fingerprint density at radius 1 is 0.467 bits per heavy atom. The topological polar surface area (TPSA) is 291 Å². The first-order chi connectivity index (χ1) is 44.8. The van der Waals surface area contributed by atoms with E-state index in [-0.39, 0.29) is 39.6 Å². The fourth-order valence-corrected chi connectivity index (χ4v) is 10.7. The lowest BCUT2D eigenvalue weighted by Gasteiger charge is -2.22. The van der Waals surface area contributed by atoms with Crippen molar-refractivity contribution < 1.29 is 17.6 Å². The first-order valence-electron chi connectivity index (χ1n) is 28.7. The summed E-state index contributed by atoms with van der Waals surface area (Å²) in [5.74, 6) is -0.204. The molecule has 0 radical (unpaired) electrons. The van der Waals surface area contributed by atoms with Gasteiger partial charge in [0.25, 0.3) is 16.7 Å². The molecule has 3 atom stereocenters. The van der Waals surface area contributed by atoms with Crippen LogP contribution in [0.2, 0.25) is 0 Å². The summed E-state index contributed by atoms with van der Waals surface area (Å²) in [6.07, 6.45) is 9.67. The predicted octanol–water partition coefficient (Wildman–Crippen LogP) is 11.2. The van der Waals surface area contributed by atoms with Gasteiger partial charge in [0.1, 0.15) is 81.0 Å². The number of halogens is 4. The van der Waals surface area contributed by atoms with Crippen molar-refractivity contribution in [3.8, 4) is 17.1 Å². The molecule has 0 unspecified atom stereocenters. The van der Waals surface area contributed by atoms with Crippen LogP contribution in [-0.4, -0.2) is 83.5 Å². The highest BCUT2D eigenvalue weighted by atomic mass is 19.1. The number of para-hydroxylation sites is 4. The molecule has 0 saturated heterocycles. The zero-order valence-corrected chi connectivity index (χ0v) is 48.8. The molecule has 0 saturated carbocycles. The fraction of sp³-hybridized carbons (Fsp3) is 0.108. The molecule has 9 heterocycles. The van der Waals surface area contributed by atoms with Crippen LogP contribution in [0.4, 0.5) is 35.0 Å². The van der Waals surface area contributed by atoms with Gasteiger partial charge in [-0.15, -0.1) is 0 Å². The molecular formula is C65H50F4N20O3. The normalized spacial score (nSPS) is 12.3. The number of hydrogen-bond acceptors (Lipinski definition) is 17. The Morgan fingerprint density at radius 3 is 1.66 bits per heavy atom. The molecule has 0 aliphatic rings. The number of imidazole rings is 3. The number of nitrogens with zero attached hydrogens (tertiary/aromatic N) is 14. The first-order valence-corrected chi connectivity index (χ1v) is 28.7. The third kappa shape index (κ3) is 11.2. The molecule has 23 nitrogen and oxygen atoms in total. The molecule has 6 N–H and O–H groups in total. The summed E-state index contributed by atoms with van der Waals surface area (Å²) in [6.45, 7) is 5.58. The molecule has 0 bridgehead atoms. The van der Waals surface area contributed by atoms with Gasteiger partial charge in [0, 0.05) is 6.20 Å². The Balaban J connectivity index is 0.000000126. The molecule has 92 heavy (non-hydrogen) atoms. The summed E-state index contributed by atoms with van der Waals surface area (Å²) < 4.78 is 61.6. The number of pyridine rings is 1. The molecule has 0 spiro atoms. The molecule has 27 heteroatoms. The van der Waals surface area contributed by atoms with Gasteiger partial charge in [-0.1, -0.05) is 67.6 Å². The van der Waals surface area contributed by atoms with Crippen molar-refractivity contribution in [2.24, 2.45) is 0 Å². The van der Waals surface area contributed by atoms with Gasteiger partial charge in [-0.3, -0.25) is 28.1 Å². The van der Waals surface area contributed by atoms with E-state index in [1.54, 1.807) is 74.3 Å². The summed E-state index contributed by atoms with van der Waals surface area (Å²) in [5.41, 5.74) is 4.30. The van der Waals surface area contributed by atoms with E-state index in [2.05, 4.69) is 75.8 Å². The van der Waals surface area contributed by atoms with Gasteiger partial charge in [-0.05, 0) is 105 Å². The van der Waals surface area contributed by atoms with Crippen LogP contribution in [0.3, 0.4) is 0 Å². The molecule has 15 rings (SSSR count). The zero-order valence-electron chi connectivity index (χ0n) is 48.8. The molecule has 0 aliphatic heterocycles. The molecule has 6 aromatic carbocycles. The van der Waals surface area contributed by atoms with Crippen LogP contribution < -0.4 is 32.6 Å². The summed E-state index contributed by atoms with van der Waals surface area (Å²) in [7, 11) is 0. The largest absolute Gasteiger partial charge is 0.359 e. The third-order valence-corrected chi connectivity index (χ3v) is 15.0. The van der Waals surface area contributed by atoms with Crippen molar-refractivity contribution >= 4 is 83.5 Å². The summed E-state index contributed by atoms with van der Waals surface area (Å²) >= 11 is 0. The van der Waals surface area contributed by atoms with Gasteiger partial charge in [-0.2, -0.15) is 0 Å². The number of H-pyrrole nitrogens is 3. The second-order valence-electron chi connectivity index (χ2n) is 20.8. The Morgan fingerprint density at radius 2 is 1.00 bits per heavy atom. The van der Waals surface area contributed by atoms with Crippen LogP contribution in [-0.2, 0) is 0 Å². The van der Waals surface area contributed by atoms with Crippen molar-refractivity contribution in [2.75, 3.05) is 16.0 Å². The predicted molar refractivity (Wildman–Crippen MR) is 340 cm³/mol. The van der Waals surface area contributed by atoms with E-state index < -0.39 is 46.1 Å². The number of fused-ring (bicyclic) bond motifs is 6. The minimum Gasteiger partial charge on any atom is -0.359 e. The monoisotopic (exact) mass is 1230 g/mol. The number of hydrogen-bond donors (Lipinski definition) is 6. The number of aromatic amines is 3. The summed E-state index contributed by atoms with van der Waals surface area (Å²) in [6, 6.07) is 37.3. The molecule has 0 fully saturated rings. The van der Waals surface area contributed by atoms with Gasteiger partial charge >= 0.3 is 0 Å². The minimum atomic E-state index is -0.870.